The molecule has 4 nitrogen and oxygen atoms in total. The lowest BCUT2D eigenvalue weighted by Crippen LogP contribution is -2.42. The lowest BCUT2D eigenvalue weighted by atomic mass is 9.92. The van der Waals surface area contributed by atoms with Gasteiger partial charge in [0.15, 0.2) is 0 Å². The molecule has 0 radical (unpaired) electrons. The van der Waals surface area contributed by atoms with Gasteiger partial charge in [-0.25, -0.2) is 0 Å². The molecule has 1 aromatic rings. The van der Waals surface area contributed by atoms with Crippen molar-refractivity contribution in [1.82, 2.24) is 5.32 Å². The molecule has 2 rings (SSSR count). The second-order valence-electron chi connectivity index (χ2n) is 6.08. The van der Waals surface area contributed by atoms with Crippen LogP contribution in [0.25, 0.3) is 0 Å². The fourth-order valence-corrected chi connectivity index (χ4v) is 2.71. The van der Waals surface area contributed by atoms with Gasteiger partial charge in [-0.2, -0.15) is 0 Å². The van der Waals surface area contributed by atoms with E-state index in [9.17, 15) is 9.59 Å². The highest BCUT2D eigenvalue weighted by molar-refractivity contribution is 6.35. The first-order valence-corrected chi connectivity index (χ1v) is 7.50. The molecule has 1 aliphatic rings. The molecular formula is C15H18Cl2N2O2. The Balaban J connectivity index is 1.94. The number of nitrogens with one attached hydrogen (secondary N) is 1. The van der Waals surface area contributed by atoms with Gasteiger partial charge >= 0.3 is 0 Å². The topological polar surface area (TPSA) is 72.2 Å². The van der Waals surface area contributed by atoms with Crippen LogP contribution in [0.3, 0.4) is 0 Å². The summed E-state index contributed by atoms with van der Waals surface area (Å²) in [5.74, 6) is -0.491. The van der Waals surface area contributed by atoms with Gasteiger partial charge in [-0.3, -0.25) is 9.59 Å². The van der Waals surface area contributed by atoms with Crippen LogP contribution in [0.5, 0.6) is 0 Å². The van der Waals surface area contributed by atoms with Crippen molar-refractivity contribution in [1.29, 1.82) is 0 Å². The number of primary amides is 1. The average Bonchev–Trinajstić information content (AvgIpc) is 3.16. The number of hydrogen-bond acceptors (Lipinski definition) is 2. The van der Waals surface area contributed by atoms with Gasteiger partial charge in [0.05, 0.1) is 5.41 Å². The van der Waals surface area contributed by atoms with Crippen LogP contribution in [0.1, 0.15) is 31.7 Å². The number of carbonyl (C=O) groups is 2. The van der Waals surface area contributed by atoms with Crippen LogP contribution < -0.4 is 11.1 Å². The zero-order chi connectivity index (χ0) is 15.8. The largest absolute Gasteiger partial charge is 0.369 e. The maximum Gasteiger partial charge on any atom is 0.224 e. The molecule has 0 aliphatic heterocycles. The molecule has 0 saturated heterocycles. The van der Waals surface area contributed by atoms with E-state index in [2.05, 4.69) is 5.32 Å². The molecule has 1 aliphatic carbocycles. The number of benzene rings is 1. The first kappa shape index (κ1) is 16.1. The number of hydrogen-bond donors (Lipinski definition) is 2. The van der Waals surface area contributed by atoms with E-state index in [4.69, 9.17) is 28.9 Å². The first-order valence-electron chi connectivity index (χ1n) is 6.75. The Morgan fingerprint density at radius 2 is 2.05 bits per heavy atom. The lowest BCUT2D eigenvalue weighted by Gasteiger charge is -2.20. The lowest BCUT2D eigenvalue weighted by molar-refractivity contribution is -0.127. The van der Waals surface area contributed by atoms with Gasteiger partial charge in [0.25, 0.3) is 0 Å². The van der Waals surface area contributed by atoms with Crippen LogP contribution in [0.2, 0.25) is 10.0 Å². The summed E-state index contributed by atoms with van der Waals surface area (Å²) in [4.78, 5) is 23.3. The number of amides is 2. The first-order chi connectivity index (χ1) is 9.72. The smallest absolute Gasteiger partial charge is 0.224 e. The monoisotopic (exact) mass is 328 g/mol. The number of halogens is 2. The van der Waals surface area contributed by atoms with E-state index < -0.39 is 11.3 Å². The summed E-state index contributed by atoms with van der Waals surface area (Å²) in [6.07, 6.45) is 0.754. The second kappa shape index (κ2) is 5.85. The standard InChI is InChI=1S/C15H18Cl2N2O2/c1-15(2,14(18)21)7-19-13(20)11-6-10(11)9-4-3-8(16)5-12(9)17/h3-5,10-11H,6-7H2,1-2H3,(H2,18,21)(H,19,20)/t10-,11+/m0/s1. The van der Waals surface area contributed by atoms with Gasteiger partial charge in [-0.15, -0.1) is 0 Å². The summed E-state index contributed by atoms with van der Waals surface area (Å²) < 4.78 is 0. The van der Waals surface area contributed by atoms with E-state index in [1.807, 2.05) is 6.07 Å². The highest BCUT2D eigenvalue weighted by Gasteiger charge is 2.45. The minimum Gasteiger partial charge on any atom is -0.369 e. The second-order valence-corrected chi connectivity index (χ2v) is 6.92. The van der Waals surface area contributed by atoms with Crippen LogP contribution in [0.4, 0.5) is 0 Å². The summed E-state index contributed by atoms with van der Waals surface area (Å²) in [7, 11) is 0. The third-order valence-electron chi connectivity index (χ3n) is 3.86. The predicted molar refractivity (Wildman–Crippen MR) is 83.3 cm³/mol. The average molecular weight is 329 g/mol. The zero-order valence-corrected chi connectivity index (χ0v) is 13.5. The van der Waals surface area contributed by atoms with E-state index in [-0.39, 0.29) is 24.3 Å². The molecule has 3 N–H and O–H groups in total. The number of carbonyl (C=O) groups excluding carboxylic acids is 2. The van der Waals surface area contributed by atoms with Crippen molar-refractivity contribution in [3.63, 3.8) is 0 Å². The van der Waals surface area contributed by atoms with E-state index in [0.29, 0.717) is 10.0 Å². The van der Waals surface area contributed by atoms with Crippen LogP contribution in [0.15, 0.2) is 18.2 Å². The van der Waals surface area contributed by atoms with Crippen molar-refractivity contribution in [2.24, 2.45) is 17.1 Å². The summed E-state index contributed by atoms with van der Waals surface area (Å²) in [6, 6.07) is 5.31. The SMILES string of the molecule is CC(C)(CNC(=O)[C@@H]1C[C@H]1c1ccc(Cl)cc1Cl)C(N)=O. The third-order valence-corrected chi connectivity index (χ3v) is 4.42. The molecule has 0 bridgehead atoms. The summed E-state index contributed by atoms with van der Waals surface area (Å²) in [5.41, 5.74) is 5.47. The van der Waals surface area contributed by atoms with Crippen molar-refractivity contribution in [2.45, 2.75) is 26.2 Å². The maximum absolute atomic E-state index is 12.1. The molecule has 6 heteroatoms. The van der Waals surface area contributed by atoms with Crippen LogP contribution in [-0.2, 0) is 9.59 Å². The Hall–Kier alpha value is -1.26. The Morgan fingerprint density at radius 3 is 2.62 bits per heavy atom. The third kappa shape index (κ3) is 3.69. The van der Waals surface area contributed by atoms with Gasteiger partial charge < -0.3 is 11.1 Å². The fourth-order valence-electron chi connectivity index (χ4n) is 2.16. The fraction of sp³-hybridized carbons (Fsp3) is 0.467. The predicted octanol–water partition coefficient (Wildman–Crippen LogP) is 2.72. The number of nitrogens with two attached hydrogens (primary N) is 1. The van der Waals surface area contributed by atoms with Gasteiger partial charge in [-0.05, 0) is 43.9 Å². The number of rotatable bonds is 5. The Morgan fingerprint density at radius 1 is 1.38 bits per heavy atom. The molecule has 1 saturated carbocycles. The normalized spacial score (nSPS) is 21.0. The Labute approximate surface area is 134 Å². The molecule has 0 aromatic heterocycles. The van der Waals surface area contributed by atoms with Crippen LogP contribution in [0, 0.1) is 11.3 Å². The Kier molecular flexibility index (Phi) is 4.49. The quantitative estimate of drug-likeness (QED) is 0.872. The van der Waals surface area contributed by atoms with Crippen molar-refractivity contribution in [2.75, 3.05) is 6.54 Å². The van der Waals surface area contributed by atoms with E-state index in [1.165, 1.54) is 0 Å². The van der Waals surface area contributed by atoms with Gasteiger partial charge in [-0.1, -0.05) is 29.3 Å². The van der Waals surface area contributed by atoms with E-state index in [0.717, 1.165) is 12.0 Å². The molecule has 0 unspecified atom stereocenters. The molecule has 21 heavy (non-hydrogen) atoms. The summed E-state index contributed by atoms with van der Waals surface area (Å²) in [5, 5.41) is 3.95. The van der Waals surface area contributed by atoms with Crippen molar-refractivity contribution in [3.8, 4) is 0 Å². The molecular weight excluding hydrogens is 311 g/mol. The highest BCUT2D eigenvalue weighted by Crippen LogP contribution is 2.50. The Bertz CT molecular complexity index is 587. The molecule has 0 heterocycles. The van der Waals surface area contributed by atoms with Crippen LogP contribution >= 0.6 is 23.2 Å². The summed E-state index contributed by atoms with van der Waals surface area (Å²) >= 11 is 12.0. The molecule has 1 fully saturated rings. The molecule has 1 aromatic carbocycles. The molecule has 114 valence electrons. The van der Waals surface area contributed by atoms with Crippen molar-refractivity contribution >= 4 is 35.0 Å². The van der Waals surface area contributed by atoms with Gasteiger partial charge in [0, 0.05) is 22.5 Å². The summed E-state index contributed by atoms with van der Waals surface area (Å²) in [6.45, 7) is 3.64. The highest BCUT2D eigenvalue weighted by atomic mass is 35.5. The zero-order valence-electron chi connectivity index (χ0n) is 12.0. The van der Waals surface area contributed by atoms with Gasteiger partial charge in [0.1, 0.15) is 0 Å². The van der Waals surface area contributed by atoms with E-state index >= 15 is 0 Å². The molecule has 2 amide bonds. The van der Waals surface area contributed by atoms with Crippen molar-refractivity contribution in [3.05, 3.63) is 33.8 Å². The van der Waals surface area contributed by atoms with E-state index in [1.54, 1.807) is 26.0 Å². The molecule has 0 spiro atoms. The maximum atomic E-state index is 12.1. The minimum absolute atomic E-state index is 0.0691. The van der Waals surface area contributed by atoms with Crippen molar-refractivity contribution < 1.29 is 9.59 Å². The molecule has 2 atom stereocenters. The minimum atomic E-state index is -0.752. The van der Waals surface area contributed by atoms with Gasteiger partial charge in [0.2, 0.25) is 11.8 Å². The van der Waals surface area contributed by atoms with Crippen LogP contribution in [-0.4, -0.2) is 18.4 Å².